The summed E-state index contributed by atoms with van der Waals surface area (Å²) in [6.45, 7) is 0.846. The Morgan fingerprint density at radius 1 is 1.17 bits per heavy atom. The lowest BCUT2D eigenvalue weighted by molar-refractivity contribution is -0.786. The van der Waals surface area contributed by atoms with Gasteiger partial charge in [-0.05, 0) is 73.8 Å². The van der Waals surface area contributed by atoms with Gasteiger partial charge < -0.3 is 19.8 Å². The number of carbonyl (C=O) groups excluding carboxylic acids is 1. The van der Waals surface area contributed by atoms with Crippen LogP contribution >= 0.6 is 11.6 Å². The van der Waals surface area contributed by atoms with Gasteiger partial charge in [-0.15, -0.1) is 0 Å². The number of fused-ring (bicyclic) bond motifs is 6. The van der Waals surface area contributed by atoms with Gasteiger partial charge in [-0.1, -0.05) is 28.5 Å². The number of halogens is 1. The molecule has 10 nitrogen and oxygen atoms in total. The zero-order chi connectivity index (χ0) is 32.7. The Kier molecular flexibility index (Phi) is 8.55. The Morgan fingerprint density at radius 2 is 2.02 bits per heavy atom. The van der Waals surface area contributed by atoms with Gasteiger partial charge in [-0.2, -0.15) is 4.68 Å². The van der Waals surface area contributed by atoms with Crippen LogP contribution in [0.1, 0.15) is 60.5 Å². The van der Waals surface area contributed by atoms with Crippen molar-refractivity contribution >= 4 is 50.8 Å². The smallest absolute Gasteiger partial charge is 0.336 e. The number of allylic oxidation sites excluding steroid dienone is 2. The van der Waals surface area contributed by atoms with Crippen molar-refractivity contribution in [1.82, 2.24) is 10.3 Å². The molecular formula is C36H40ClN6O4+3. The third kappa shape index (κ3) is 6.66. The molecule has 2 aromatic carbocycles. The number of benzene rings is 2. The summed E-state index contributed by atoms with van der Waals surface area (Å²) in [6, 6.07) is 12.9. The number of nitrogens with zero attached hydrogens (tertiary/aromatic N) is 2. The molecule has 5 N–H and O–H groups in total. The van der Waals surface area contributed by atoms with E-state index in [0.29, 0.717) is 33.7 Å². The van der Waals surface area contributed by atoms with Gasteiger partial charge in [0.15, 0.2) is 18.5 Å². The number of aromatic amines is 2. The number of nitrogens with one attached hydrogen (secondary N) is 3. The first-order valence-electron chi connectivity index (χ1n) is 16.3. The van der Waals surface area contributed by atoms with Crippen molar-refractivity contribution in [1.29, 1.82) is 0 Å². The van der Waals surface area contributed by atoms with E-state index in [4.69, 9.17) is 26.5 Å². The molecule has 0 saturated heterocycles. The van der Waals surface area contributed by atoms with Crippen LogP contribution in [0.5, 0.6) is 0 Å². The average molecular weight is 656 g/mol. The Hall–Kier alpha value is -4.54. The summed E-state index contributed by atoms with van der Waals surface area (Å²) >= 11 is 6.24. The number of nitrogen functional groups attached to an aromatic ring is 1. The van der Waals surface area contributed by atoms with Crippen molar-refractivity contribution < 1.29 is 28.5 Å². The van der Waals surface area contributed by atoms with Gasteiger partial charge in [0.2, 0.25) is 5.52 Å². The summed E-state index contributed by atoms with van der Waals surface area (Å²) < 4.78 is 12.8. The highest BCUT2D eigenvalue weighted by atomic mass is 35.5. The van der Waals surface area contributed by atoms with Crippen LogP contribution in [-0.4, -0.2) is 30.4 Å². The zero-order valence-corrected chi connectivity index (χ0v) is 27.5. The molecule has 0 spiro atoms. The topological polar surface area (TPSA) is 134 Å². The van der Waals surface area contributed by atoms with Gasteiger partial charge in [-0.3, -0.25) is 4.79 Å². The minimum Gasteiger partial charge on any atom is -0.456 e. The SMILES string of the molecule is C[NH+](C)c1ccc2c(CC(=O)OCc3c[n+](CCCCC4=CC5Cc6[nH+]c7cc(Cl)ccc7c(N)c6C(C4)C5)[nH]n3)cc(=O)oc2c1. The van der Waals surface area contributed by atoms with Crippen molar-refractivity contribution in [3.8, 4) is 0 Å². The van der Waals surface area contributed by atoms with Crippen LogP contribution in [0.15, 0.2) is 69.5 Å². The quantitative estimate of drug-likeness (QED) is 0.0687. The number of pyridine rings is 1. The third-order valence-corrected chi connectivity index (χ3v) is 9.75. The molecule has 2 bridgehead atoms. The standard InChI is InChI=1S/C36H37ClN6O4/c1-42(2)27-7-9-28-23(16-34(45)47-32(28)18-27)15-33(44)46-20-26-19-43(41-40-26)10-4-3-5-21-11-22-13-24(12-21)35-31(14-22)39-30-17-25(37)6-8-29(30)36(35)38/h6-9,11,16-19,22,24H,3-5,10,12-15,20H2,1-2H3,(H2,38,39)/p+3. The van der Waals surface area contributed by atoms with Gasteiger partial charge in [0, 0.05) is 45.7 Å². The Bertz CT molecular complexity index is 2080. The fourth-order valence-corrected chi connectivity index (χ4v) is 7.47. The molecule has 242 valence electrons. The first-order chi connectivity index (χ1) is 22.7. The van der Waals surface area contributed by atoms with Crippen LogP contribution in [0.25, 0.3) is 21.9 Å². The van der Waals surface area contributed by atoms with Crippen LogP contribution in [0.3, 0.4) is 0 Å². The molecule has 2 atom stereocenters. The molecule has 2 aliphatic carbocycles. The number of aromatic nitrogens is 4. The lowest BCUT2D eigenvalue weighted by atomic mass is 9.70. The molecule has 2 aliphatic rings. The maximum Gasteiger partial charge on any atom is 0.336 e. The highest BCUT2D eigenvalue weighted by Crippen LogP contribution is 2.46. The molecule has 0 amide bonds. The molecule has 2 unspecified atom stereocenters. The van der Waals surface area contributed by atoms with E-state index in [2.05, 4.69) is 21.4 Å². The zero-order valence-electron chi connectivity index (χ0n) is 26.7. The summed E-state index contributed by atoms with van der Waals surface area (Å²) in [5.41, 5.74) is 14.9. The summed E-state index contributed by atoms with van der Waals surface area (Å²) in [5, 5.41) is 9.80. The number of aryl methyl sites for hydroxylation is 1. The number of H-pyrrole nitrogens is 2. The number of rotatable bonds is 10. The average Bonchev–Trinajstić information content (AvgIpc) is 3.49. The van der Waals surface area contributed by atoms with Crippen molar-refractivity contribution in [3.05, 3.63) is 98.3 Å². The van der Waals surface area contributed by atoms with E-state index in [9.17, 15) is 9.59 Å². The molecule has 5 aromatic rings. The van der Waals surface area contributed by atoms with Crippen molar-refractivity contribution in [2.75, 3.05) is 19.8 Å². The molecule has 0 saturated carbocycles. The molecule has 0 radical (unpaired) electrons. The Labute approximate surface area is 277 Å². The lowest BCUT2D eigenvalue weighted by Gasteiger charge is -2.34. The summed E-state index contributed by atoms with van der Waals surface area (Å²) in [6.07, 6.45) is 10.7. The van der Waals surface area contributed by atoms with Crippen LogP contribution in [-0.2, 0) is 35.5 Å². The van der Waals surface area contributed by atoms with Crippen molar-refractivity contribution in [2.45, 2.75) is 64.0 Å². The number of hydrogen-bond donors (Lipinski definition) is 3. The molecule has 47 heavy (non-hydrogen) atoms. The highest BCUT2D eigenvalue weighted by Gasteiger charge is 2.36. The number of esters is 1. The number of carbonyl (C=O) groups is 1. The maximum atomic E-state index is 12.7. The van der Waals surface area contributed by atoms with Gasteiger partial charge in [0.25, 0.3) is 5.69 Å². The maximum absolute atomic E-state index is 12.7. The van der Waals surface area contributed by atoms with Crippen LogP contribution < -0.4 is 25.9 Å². The van der Waals surface area contributed by atoms with Gasteiger partial charge in [-0.25, -0.2) is 9.78 Å². The van der Waals surface area contributed by atoms with Crippen molar-refractivity contribution in [3.63, 3.8) is 0 Å². The highest BCUT2D eigenvalue weighted by molar-refractivity contribution is 6.31. The normalized spacial score (nSPS) is 17.2. The predicted octanol–water partition coefficient (Wildman–Crippen LogP) is 3.92. The van der Waals surface area contributed by atoms with Crippen LogP contribution in [0.4, 0.5) is 11.4 Å². The summed E-state index contributed by atoms with van der Waals surface area (Å²) in [4.78, 5) is 29.6. The summed E-state index contributed by atoms with van der Waals surface area (Å²) in [5.74, 6) is 0.548. The predicted molar refractivity (Wildman–Crippen MR) is 178 cm³/mol. The minimum absolute atomic E-state index is 0.0276. The molecule has 3 aromatic heterocycles. The molecule has 7 rings (SSSR count). The summed E-state index contributed by atoms with van der Waals surface area (Å²) in [7, 11) is 3.99. The Balaban J connectivity index is 0.894. The molecule has 0 aliphatic heterocycles. The fraction of sp³-hybridized carbons (Fsp3) is 0.361. The monoisotopic (exact) mass is 655 g/mol. The van der Waals surface area contributed by atoms with E-state index in [1.165, 1.54) is 22.9 Å². The van der Waals surface area contributed by atoms with E-state index in [1.54, 1.807) is 0 Å². The van der Waals surface area contributed by atoms with E-state index < -0.39 is 11.6 Å². The largest absolute Gasteiger partial charge is 0.456 e. The van der Waals surface area contributed by atoms with E-state index in [1.807, 2.05) is 61.4 Å². The van der Waals surface area contributed by atoms with Gasteiger partial charge in [0.1, 0.15) is 17.8 Å². The second kappa shape index (κ2) is 12.9. The lowest BCUT2D eigenvalue weighted by Crippen LogP contribution is -3.00. The number of nitrogens with two attached hydrogens (primary N) is 1. The third-order valence-electron chi connectivity index (χ3n) is 9.51. The Morgan fingerprint density at radius 3 is 2.87 bits per heavy atom. The van der Waals surface area contributed by atoms with E-state index in [0.717, 1.165) is 77.6 Å². The second-order valence-corrected chi connectivity index (χ2v) is 13.6. The number of ether oxygens (including phenoxy) is 1. The minimum atomic E-state index is -0.490. The number of anilines is 1. The number of hydrogen-bond acceptors (Lipinski definition) is 6. The number of quaternary nitrogens is 1. The van der Waals surface area contributed by atoms with Crippen LogP contribution in [0.2, 0.25) is 5.02 Å². The van der Waals surface area contributed by atoms with E-state index in [-0.39, 0.29) is 13.0 Å². The van der Waals surface area contributed by atoms with E-state index >= 15 is 0 Å². The van der Waals surface area contributed by atoms with Gasteiger partial charge in [0.05, 0.1) is 31.6 Å². The van der Waals surface area contributed by atoms with Crippen LogP contribution in [0, 0.1) is 5.92 Å². The molecular weight excluding hydrogens is 616 g/mol. The molecule has 11 heteroatoms. The first-order valence-corrected chi connectivity index (χ1v) is 16.7. The van der Waals surface area contributed by atoms with Crippen molar-refractivity contribution in [2.24, 2.45) is 5.92 Å². The second-order valence-electron chi connectivity index (χ2n) is 13.2. The molecule has 3 heterocycles. The molecule has 0 fully saturated rings. The number of unbranched alkanes of at least 4 members (excludes halogenated alkanes) is 1. The van der Waals surface area contributed by atoms with Gasteiger partial charge >= 0.3 is 11.6 Å². The first kappa shape index (κ1) is 31.1. The fourth-order valence-electron chi connectivity index (χ4n) is 7.30.